The number of hydrogen-bond donors (Lipinski definition) is 0. The molecule has 0 rings (SSSR count). The molecule has 0 amide bonds. The maximum atomic E-state index is 10.1. The fraction of sp³-hybridized carbons (Fsp3) is 0.958. The lowest BCUT2D eigenvalue weighted by Crippen LogP contribution is -2.42. The van der Waals surface area contributed by atoms with Gasteiger partial charge in [-0.25, -0.2) is 0 Å². The molecule has 0 radical (unpaired) electrons. The SMILES string of the molecule is CC(C)(C)[Si](C)(C)OCCOCC(COCCO[Si](C)(C)C(C)(C)C)OCCOCC[N+]#C[O-]. The highest BCUT2D eigenvalue weighted by molar-refractivity contribution is 6.74. The molecule has 0 fully saturated rings. The highest BCUT2D eigenvalue weighted by Gasteiger charge is 2.37. The molecule has 0 atom stereocenters. The van der Waals surface area contributed by atoms with Gasteiger partial charge in [0.2, 0.25) is 0 Å². The van der Waals surface area contributed by atoms with Crippen molar-refractivity contribution in [2.24, 2.45) is 0 Å². The molecular weight excluding hydrogens is 470 g/mol. The van der Waals surface area contributed by atoms with Crippen LogP contribution in [0.3, 0.4) is 0 Å². The molecule has 0 aliphatic rings. The minimum Gasteiger partial charge on any atom is -0.775 e. The Bertz CT molecular complexity index is 557. The van der Waals surface area contributed by atoms with Crippen molar-refractivity contribution in [1.82, 2.24) is 0 Å². The smallest absolute Gasteiger partial charge is 0.285 e. The summed E-state index contributed by atoms with van der Waals surface area (Å²) in [6.45, 7) is 26.8. The van der Waals surface area contributed by atoms with Gasteiger partial charge in [0.1, 0.15) is 12.7 Å². The summed E-state index contributed by atoms with van der Waals surface area (Å²) in [6.07, 6.45) is 1.28. The summed E-state index contributed by atoms with van der Waals surface area (Å²) in [5.74, 6) is 0. The second-order valence-corrected chi connectivity index (χ2v) is 21.1. The number of ether oxygens (including phenoxy) is 4. The minimum atomic E-state index is -1.78. The van der Waals surface area contributed by atoms with Crippen molar-refractivity contribution in [2.75, 3.05) is 66.0 Å². The van der Waals surface area contributed by atoms with Crippen LogP contribution in [-0.4, -0.2) is 88.7 Å². The fourth-order valence-corrected chi connectivity index (χ4v) is 4.30. The van der Waals surface area contributed by atoms with Gasteiger partial charge in [0.25, 0.3) is 12.8 Å². The molecule has 0 saturated carbocycles. The lowest BCUT2D eigenvalue weighted by atomic mass is 10.2. The van der Waals surface area contributed by atoms with Crippen LogP contribution in [0.1, 0.15) is 41.5 Å². The molecule has 0 N–H and O–H groups in total. The predicted octanol–water partition coefficient (Wildman–Crippen LogP) is 4.12. The van der Waals surface area contributed by atoms with Gasteiger partial charge in [-0.05, 0) is 36.3 Å². The van der Waals surface area contributed by atoms with Crippen LogP contribution >= 0.6 is 0 Å². The van der Waals surface area contributed by atoms with Gasteiger partial charge in [0.05, 0.1) is 52.9 Å². The van der Waals surface area contributed by atoms with Gasteiger partial charge < -0.3 is 32.9 Å². The molecule has 10 heteroatoms. The molecule has 0 aliphatic carbocycles. The quantitative estimate of drug-likeness (QED) is 0.152. The Labute approximate surface area is 210 Å². The lowest BCUT2D eigenvalue weighted by Gasteiger charge is -2.36. The number of rotatable bonds is 18. The highest BCUT2D eigenvalue weighted by atomic mass is 28.4. The molecule has 0 aliphatic heterocycles. The topological polar surface area (TPSA) is 82.8 Å². The van der Waals surface area contributed by atoms with E-state index >= 15 is 0 Å². The molecule has 0 aromatic carbocycles. The second kappa shape index (κ2) is 16.3. The zero-order valence-electron chi connectivity index (χ0n) is 23.5. The van der Waals surface area contributed by atoms with E-state index in [0.29, 0.717) is 66.0 Å². The van der Waals surface area contributed by atoms with Crippen molar-refractivity contribution in [3.05, 3.63) is 4.85 Å². The van der Waals surface area contributed by atoms with Crippen LogP contribution in [0.25, 0.3) is 4.85 Å². The van der Waals surface area contributed by atoms with Crippen molar-refractivity contribution in [2.45, 2.75) is 83.9 Å². The Morgan fingerprint density at radius 2 is 1.12 bits per heavy atom. The van der Waals surface area contributed by atoms with Crippen molar-refractivity contribution >= 4 is 16.6 Å². The summed E-state index contributed by atoms with van der Waals surface area (Å²) in [7, 11) is -3.55. The monoisotopic (exact) mass is 521 g/mol. The van der Waals surface area contributed by atoms with Gasteiger partial charge in [0, 0.05) is 0 Å². The summed E-state index contributed by atoms with van der Waals surface area (Å²) in [4.78, 5) is 3.46. The van der Waals surface area contributed by atoms with Crippen molar-refractivity contribution in [1.29, 1.82) is 0 Å². The molecule has 0 bridgehead atoms. The maximum absolute atomic E-state index is 10.1. The Morgan fingerprint density at radius 1 is 0.676 bits per heavy atom. The predicted molar refractivity (Wildman–Crippen MR) is 141 cm³/mol. The van der Waals surface area contributed by atoms with E-state index in [1.165, 1.54) is 6.26 Å². The first-order valence-corrected chi connectivity index (χ1v) is 18.1. The first-order valence-electron chi connectivity index (χ1n) is 12.3. The highest BCUT2D eigenvalue weighted by Crippen LogP contribution is 2.37. The molecule has 0 heterocycles. The zero-order valence-corrected chi connectivity index (χ0v) is 25.5. The van der Waals surface area contributed by atoms with Crippen LogP contribution in [-0.2, 0) is 27.8 Å². The fourth-order valence-electron chi connectivity index (χ4n) is 2.25. The normalized spacial score (nSPS) is 13.3. The van der Waals surface area contributed by atoms with Gasteiger partial charge >= 0.3 is 0 Å². The van der Waals surface area contributed by atoms with Gasteiger partial charge in [-0.3, -0.25) is 0 Å². The third kappa shape index (κ3) is 14.8. The van der Waals surface area contributed by atoms with Crippen LogP contribution < -0.4 is 5.11 Å². The minimum absolute atomic E-state index is 0.177. The summed E-state index contributed by atoms with van der Waals surface area (Å²) >= 11 is 0. The maximum Gasteiger partial charge on any atom is 0.285 e. The van der Waals surface area contributed by atoms with E-state index in [0.717, 1.165) is 0 Å². The number of nitrogens with zero attached hydrogens (tertiary/aromatic N) is 1. The average molecular weight is 522 g/mol. The van der Waals surface area contributed by atoms with Crippen LogP contribution in [0.4, 0.5) is 0 Å². The first kappa shape index (κ1) is 33.5. The van der Waals surface area contributed by atoms with E-state index in [1.807, 2.05) is 0 Å². The van der Waals surface area contributed by atoms with E-state index in [-0.39, 0.29) is 16.2 Å². The van der Waals surface area contributed by atoms with Gasteiger partial charge in [-0.2, -0.15) is 0 Å². The van der Waals surface area contributed by atoms with Crippen molar-refractivity contribution in [3.8, 4) is 6.26 Å². The molecule has 0 spiro atoms. The van der Waals surface area contributed by atoms with E-state index < -0.39 is 16.6 Å². The Hall–Kier alpha value is -0.516. The summed E-state index contributed by atoms with van der Waals surface area (Å²) in [5, 5.41) is 10.4. The van der Waals surface area contributed by atoms with E-state index in [1.54, 1.807) is 0 Å². The van der Waals surface area contributed by atoms with E-state index in [2.05, 4.69) is 72.6 Å². The molecule has 0 unspecified atom stereocenters. The first-order chi connectivity index (χ1) is 15.6. The van der Waals surface area contributed by atoms with Crippen LogP contribution in [0.15, 0.2) is 0 Å². The van der Waals surface area contributed by atoms with E-state index in [4.69, 9.17) is 27.8 Å². The summed E-state index contributed by atoms with van der Waals surface area (Å²) < 4.78 is 35.3. The zero-order chi connectivity index (χ0) is 26.3. The standard InChI is InChI=1S/C24H51NO7Si2/c1-23(2,3)33(7,8)31-17-14-28-19-22(30-16-13-27-12-11-25-21-26)20-29-15-18-32-34(9,10)24(4,5)6/h22H,11-20H2,1-10H3. The molecule has 0 saturated heterocycles. The van der Waals surface area contributed by atoms with Gasteiger partial charge in [-0.1, -0.05) is 46.4 Å². The molecule has 0 aromatic rings. The largest absolute Gasteiger partial charge is 0.775 e. The van der Waals surface area contributed by atoms with Crippen molar-refractivity contribution < 1.29 is 32.9 Å². The van der Waals surface area contributed by atoms with Crippen molar-refractivity contribution in [3.63, 3.8) is 0 Å². The lowest BCUT2D eigenvalue weighted by molar-refractivity contribution is -0.248. The number of hydrogen-bond acceptors (Lipinski definition) is 7. The van der Waals surface area contributed by atoms with Crippen LogP contribution in [0.5, 0.6) is 0 Å². The van der Waals surface area contributed by atoms with E-state index in [9.17, 15) is 5.11 Å². The summed E-state index contributed by atoms with van der Waals surface area (Å²) in [6, 6.07) is 0. The second-order valence-electron chi connectivity index (χ2n) is 11.4. The molecule has 8 nitrogen and oxygen atoms in total. The molecule has 202 valence electrons. The Morgan fingerprint density at radius 3 is 1.53 bits per heavy atom. The molecule has 0 aromatic heterocycles. The van der Waals surface area contributed by atoms with Crippen LogP contribution in [0.2, 0.25) is 36.3 Å². The Balaban J connectivity index is 4.39. The molecular formula is C24H51NO7Si2. The summed E-state index contributed by atoms with van der Waals surface area (Å²) in [5.41, 5.74) is 0. The molecule has 34 heavy (non-hydrogen) atoms. The average Bonchev–Trinajstić information content (AvgIpc) is 2.70. The third-order valence-corrected chi connectivity index (χ3v) is 15.7. The Kier molecular flexibility index (Phi) is 16.0. The van der Waals surface area contributed by atoms with Gasteiger partial charge in [-0.15, -0.1) is 0 Å². The van der Waals surface area contributed by atoms with Gasteiger partial charge in [0.15, 0.2) is 16.6 Å². The third-order valence-electron chi connectivity index (χ3n) is 6.59. The van der Waals surface area contributed by atoms with Crippen LogP contribution in [0, 0.1) is 6.26 Å².